The zero-order valence-electron chi connectivity index (χ0n) is 56.1. The summed E-state index contributed by atoms with van der Waals surface area (Å²) in [4.78, 5) is 0. The molecule has 38 heteroatoms. The predicted octanol–water partition coefficient (Wildman–Crippen LogP) is -22.2. The molecular weight excluding hydrogens is 1350 g/mol. The average molecular weight is 1460 g/mol. The third-order valence-corrected chi connectivity index (χ3v) is 15.4. The molecule has 34 nitrogen and oxygen atoms in total. The Kier molecular flexibility index (Phi) is 39.6. The number of rotatable bonds is 35. The molecule has 0 bridgehead atoms. The highest BCUT2D eigenvalue weighted by atomic mass is 35.5. The topological polar surface area (TPSA) is 442 Å². The summed E-state index contributed by atoms with van der Waals surface area (Å²) < 4.78 is 90.3. The van der Waals surface area contributed by atoms with Crippen LogP contribution in [0, 0.1) is 0 Å². The zero-order valence-corrected chi connectivity index (χ0v) is 59.1. The molecule has 15 N–H and O–H groups in total. The molecule has 94 heavy (non-hydrogen) atoms. The third-order valence-electron chi connectivity index (χ3n) is 15.4. The highest BCUT2D eigenvalue weighted by Gasteiger charge is 2.56. The quantitative estimate of drug-likeness (QED) is 0.0262. The van der Waals surface area contributed by atoms with Crippen molar-refractivity contribution < 1.29 is 215 Å². The number of halogens is 4. The molecule has 564 valence electrons. The van der Waals surface area contributed by atoms with Crippen LogP contribution in [-0.2, 0) is 71.1 Å². The Morgan fingerprint density at radius 3 is 0.830 bits per heavy atom. The summed E-state index contributed by atoms with van der Waals surface area (Å²) in [7, 11) is 24.8. The molecule has 0 aromatic heterocycles. The van der Waals surface area contributed by atoms with Crippen LogP contribution in [0.1, 0.15) is 0 Å². The van der Waals surface area contributed by atoms with Crippen LogP contribution in [0.4, 0.5) is 0 Å². The van der Waals surface area contributed by atoms with E-state index in [0.717, 1.165) is 0 Å². The van der Waals surface area contributed by atoms with Gasteiger partial charge in [0.25, 0.3) is 0 Å². The Labute approximate surface area is 575 Å². The maximum Gasteiger partial charge on any atom is 0.187 e. The highest BCUT2D eigenvalue weighted by Crippen LogP contribution is 2.36. The fourth-order valence-electron chi connectivity index (χ4n) is 11.4. The Morgan fingerprint density at radius 1 is 0.287 bits per heavy atom. The minimum Gasteiger partial charge on any atom is -1.00 e. The van der Waals surface area contributed by atoms with Gasteiger partial charge in [0.15, 0.2) is 31.5 Å². The number of methoxy groups -OCH3 is 2. The lowest BCUT2D eigenvalue weighted by Gasteiger charge is -2.49. The van der Waals surface area contributed by atoms with Crippen molar-refractivity contribution in [2.75, 3.05) is 184 Å². The molecule has 5 rings (SSSR count). The van der Waals surface area contributed by atoms with E-state index in [2.05, 4.69) is 0 Å². The van der Waals surface area contributed by atoms with Crippen LogP contribution in [-0.4, -0.2) is 457 Å². The number of ether oxygens (including phenoxy) is 15. The summed E-state index contributed by atoms with van der Waals surface area (Å²) in [5.41, 5.74) is 0. The van der Waals surface area contributed by atoms with E-state index in [1.165, 1.54) is 14.2 Å². The zero-order chi connectivity index (χ0) is 67.5. The Bertz CT molecular complexity index is 2070. The molecule has 0 radical (unpaired) electrons. The van der Waals surface area contributed by atoms with Gasteiger partial charge >= 0.3 is 0 Å². The molecule has 0 aromatic carbocycles. The van der Waals surface area contributed by atoms with E-state index in [9.17, 15) is 76.6 Å². The average Bonchev–Trinajstić information content (AvgIpc) is 0.783. The molecule has 0 saturated carbocycles. The van der Waals surface area contributed by atoms with E-state index in [1.54, 1.807) is 0 Å². The first kappa shape index (κ1) is 91.8. The molecule has 5 aliphatic rings. The van der Waals surface area contributed by atoms with Gasteiger partial charge < -0.3 is 215 Å². The van der Waals surface area contributed by atoms with E-state index in [-0.39, 0.29) is 102 Å². The minimum atomic E-state index is -2.14. The fourth-order valence-corrected chi connectivity index (χ4v) is 11.4. The minimum absolute atomic E-state index is 0. The van der Waals surface area contributed by atoms with Crippen molar-refractivity contribution in [3.63, 3.8) is 0 Å². The standard InChI is InChI=1S/C56H112N4O30.4ClH/c1-57(2,3)15-28(61)19-78-23-32-37(65)38(66)43(71)53(83-32)82-27-36-51(40(68)44(72)52(77-14)84-36)90-56-47(75)42(70)50(35(87-56)26-81-22-31(64)18-60(10,11)12)89-55-46(74)41(69)49(34(86-55)25-80-21-30(63)17-59(7,8)9)88-54-45(73)39(67)48(76-13)33(85-54)24-79-20-29(62)16-58(4,5)6;;;;/h28-56,61-75H,15-27H2,1-14H3;4*1H/q+4;;;;/p-4/t28?,29?,30?,31?,32-,33?,34-,35?,36-,37-,38?,39-,40?,41?,42+,43?,44?,45?,46?,47?,48+,49+,50+,51+,52-,53-,54-,55-,56-;;;;/m0..../s1. The smallest absolute Gasteiger partial charge is 0.187 e. The summed E-state index contributed by atoms with van der Waals surface area (Å²) in [6, 6.07) is 0. The molecule has 14 unspecified atom stereocenters. The van der Waals surface area contributed by atoms with Crippen LogP contribution in [0.2, 0.25) is 0 Å². The molecule has 5 aliphatic heterocycles. The van der Waals surface area contributed by atoms with Crippen molar-refractivity contribution in [3.8, 4) is 0 Å². The largest absolute Gasteiger partial charge is 1.00 e. The van der Waals surface area contributed by atoms with Gasteiger partial charge in [-0.2, -0.15) is 0 Å². The van der Waals surface area contributed by atoms with Crippen molar-refractivity contribution in [2.45, 2.75) is 178 Å². The summed E-state index contributed by atoms with van der Waals surface area (Å²) in [6.45, 7) is -2.08. The van der Waals surface area contributed by atoms with Gasteiger partial charge in [0.2, 0.25) is 0 Å². The molecule has 0 aromatic rings. The maximum atomic E-state index is 12.1. The normalized spacial score (nSPS) is 38.2. The third kappa shape index (κ3) is 27.9. The van der Waals surface area contributed by atoms with Gasteiger partial charge in [-0.3, -0.25) is 0 Å². The Morgan fingerprint density at radius 2 is 0.532 bits per heavy atom. The van der Waals surface area contributed by atoms with Crippen molar-refractivity contribution in [3.05, 3.63) is 0 Å². The lowest BCUT2D eigenvalue weighted by Crippen LogP contribution is -3.00. The summed E-state index contributed by atoms with van der Waals surface area (Å²) >= 11 is 0. The molecule has 29 atom stereocenters. The van der Waals surface area contributed by atoms with Crippen LogP contribution in [0.15, 0.2) is 0 Å². The lowest BCUT2D eigenvalue weighted by atomic mass is 9.95. The number of hydrogen-bond acceptors (Lipinski definition) is 30. The summed E-state index contributed by atoms with van der Waals surface area (Å²) in [5, 5.41) is 169. The number of nitrogens with zero attached hydrogens (tertiary/aromatic N) is 4. The SMILES string of the molecule is CO[C@H]1O[C@@H](CO[C@H]2O[C@@H](COCC(O)C[N+](C)(C)C)[C@H](O)C(O)C2O)[C@@H](O[C@@H]2OC(COCC(O)C[N+](C)(C)C)[C@@H](O[C@@H]3O[C@@H](COCC(O)C[N+](C)(C)C)[C@@H](O[C@@H]4OC(COCC(O)C[N+](C)(C)C)[C@@H](OC)[C@@H](O)C4O)C(O)C3O)[C@H](O)C2O)C(O)C1O.[Cl-].[Cl-].[Cl-].[Cl-]. The van der Waals surface area contributed by atoms with Gasteiger partial charge in [-0.05, 0) is 0 Å². The molecule has 0 amide bonds. The van der Waals surface area contributed by atoms with E-state index in [1.807, 2.05) is 84.6 Å². The monoisotopic (exact) mass is 1460 g/mol. The Hall–Kier alpha value is -0.200. The number of quaternary nitrogens is 4. The van der Waals surface area contributed by atoms with Gasteiger partial charge in [0.05, 0.1) is 144 Å². The highest BCUT2D eigenvalue weighted by molar-refractivity contribution is 4.99. The van der Waals surface area contributed by atoms with E-state index >= 15 is 0 Å². The number of likely N-dealkylation sites (N-methyl/N-ethyl adjacent to an activating group) is 4. The second-order valence-electron chi connectivity index (χ2n) is 28.3. The second kappa shape index (κ2) is 40.6. The van der Waals surface area contributed by atoms with Crippen molar-refractivity contribution in [2.24, 2.45) is 0 Å². The first-order valence-electron chi connectivity index (χ1n) is 30.4. The van der Waals surface area contributed by atoms with Gasteiger partial charge in [-0.25, -0.2) is 0 Å². The Balaban J connectivity index is 0.0000110. The van der Waals surface area contributed by atoms with Crippen molar-refractivity contribution >= 4 is 0 Å². The second-order valence-corrected chi connectivity index (χ2v) is 28.3. The maximum absolute atomic E-state index is 12.1. The van der Waals surface area contributed by atoms with Crippen LogP contribution in [0.5, 0.6) is 0 Å². The number of aliphatic hydroxyl groups is 15. The van der Waals surface area contributed by atoms with Crippen LogP contribution < -0.4 is 49.6 Å². The van der Waals surface area contributed by atoms with Gasteiger partial charge in [-0.1, -0.05) is 0 Å². The molecular formula is C56H112Cl4N4O30. The van der Waals surface area contributed by atoms with E-state index in [0.29, 0.717) is 31.0 Å². The summed E-state index contributed by atoms with van der Waals surface area (Å²) in [6.07, 6.45) is -47.1. The van der Waals surface area contributed by atoms with Gasteiger partial charge in [-0.15, -0.1) is 0 Å². The predicted molar refractivity (Wildman–Crippen MR) is 307 cm³/mol. The first-order valence-corrected chi connectivity index (χ1v) is 30.4. The van der Waals surface area contributed by atoms with Crippen LogP contribution in [0.25, 0.3) is 0 Å². The lowest BCUT2D eigenvalue weighted by molar-refractivity contribution is -0.873. The molecule has 5 fully saturated rings. The van der Waals surface area contributed by atoms with Gasteiger partial charge in [0, 0.05) is 14.2 Å². The van der Waals surface area contributed by atoms with Crippen molar-refractivity contribution in [1.29, 1.82) is 0 Å². The number of hydrogen-bond donors (Lipinski definition) is 15. The van der Waals surface area contributed by atoms with E-state index < -0.39 is 198 Å². The molecule has 5 heterocycles. The summed E-state index contributed by atoms with van der Waals surface area (Å²) in [5.74, 6) is 0. The molecule has 0 spiro atoms. The van der Waals surface area contributed by atoms with Gasteiger partial charge in [0.1, 0.15) is 173 Å². The van der Waals surface area contributed by atoms with Crippen LogP contribution >= 0.6 is 0 Å². The first-order chi connectivity index (χ1) is 41.7. The molecule has 0 aliphatic carbocycles. The number of aliphatic hydroxyl groups excluding tert-OH is 15. The molecule has 5 saturated heterocycles. The fraction of sp³-hybridized carbons (Fsp3) is 1.00. The van der Waals surface area contributed by atoms with Crippen LogP contribution in [0.3, 0.4) is 0 Å². The van der Waals surface area contributed by atoms with Crippen molar-refractivity contribution in [1.82, 2.24) is 0 Å². The van der Waals surface area contributed by atoms with E-state index in [4.69, 9.17) is 71.1 Å².